The van der Waals surface area contributed by atoms with Crippen molar-refractivity contribution in [3.05, 3.63) is 55.0 Å². The molecule has 0 aliphatic carbocycles. The Kier molecular flexibility index (Phi) is 1.96. The first kappa shape index (κ1) is 9.09. The van der Waals surface area contributed by atoms with Gasteiger partial charge in [-0.2, -0.15) is 0 Å². The molecular formula is C13H12N3+. The molecule has 3 nitrogen and oxygen atoms in total. The average Bonchev–Trinajstić information content (AvgIpc) is 2.69. The van der Waals surface area contributed by atoms with Gasteiger partial charge in [-0.25, -0.2) is 8.97 Å². The van der Waals surface area contributed by atoms with Crippen LogP contribution in [0.4, 0.5) is 0 Å². The first-order chi connectivity index (χ1) is 7.86. The van der Waals surface area contributed by atoms with Crippen molar-refractivity contribution in [1.29, 1.82) is 0 Å². The zero-order chi connectivity index (χ0) is 11.0. The Bertz CT molecular complexity index is 626. The molecule has 0 atom stereocenters. The largest absolute Gasteiger partial charge is 0.403 e. The molecule has 0 spiro atoms. The number of hydrogen-bond donors (Lipinski definition) is 0. The van der Waals surface area contributed by atoms with Crippen molar-refractivity contribution < 1.29 is 4.40 Å². The minimum absolute atomic E-state index is 0.946. The SMILES string of the molecule is Cn1c(-c2ccccc2)c[n+]2cccnc12. The van der Waals surface area contributed by atoms with E-state index in [-0.39, 0.29) is 0 Å². The Morgan fingerprint density at radius 2 is 1.94 bits per heavy atom. The van der Waals surface area contributed by atoms with E-state index in [0.29, 0.717) is 0 Å². The monoisotopic (exact) mass is 210 g/mol. The predicted molar refractivity (Wildman–Crippen MR) is 61.8 cm³/mol. The first-order valence-electron chi connectivity index (χ1n) is 5.23. The van der Waals surface area contributed by atoms with E-state index in [1.807, 2.05) is 48.1 Å². The molecule has 2 aromatic heterocycles. The summed E-state index contributed by atoms with van der Waals surface area (Å²) in [4.78, 5) is 4.35. The molecule has 0 amide bonds. The van der Waals surface area contributed by atoms with Crippen LogP contribution in [0.25, 0.3) is 17.0 Å². The fourth-order valence-corrected chi connectivity index (χ4v) is 1.94. The quantitative estimate of drug-likeness (QED) is 0.562. The highest BCUT2D eigenvalue weighted by Gasteiger charge is 2.14. The van der Waals surface area contributed by atoms with E-state index in [9.17, 15) is 0 Å². The van der Waals surface area contributed by atoms with Crippen LogP contribution in [0.15, 0.2) is 55.0 Å². The molecule has 3 heteroatoms. The third-order valence-corrected chi connectivity index (χ3v) is 2.75. The molecular weight excluding hydrogens is 198 g/mol. The molecule has 2 heterocycles. The predicted octanol–water partition coefficient (Wildman–Crippen LogP) is 1.83. The summed E-state index contributed by atoms with van der Waals surface area (Å²) in [6, 6.07) is 12.3. The van der Waals surface area contributed by atoms with Crippen LogP contribution in [0.3, 0.4) is 0 Å². The van der Waals surface area contributed by atoms with Crippen molar-refractivity contribution in [3.63, 3.8) is 0 Å². The highest BCUT2D eigenvalue weighted by molar-refractivity contribution is 5.59. The fourth-order valence-electron chi connectivity index (χ4n) is 1.94. The summed E-state index contributed by atoms with van der Waals surface area (Å²) in [5.41, 5.74) is 2.37. The number of hydrogen-bond acceptors (Lipinski definition) is 1. The second kappa shape index (κ2) is 3.45. The van der Waals surface area contributed by atoms with Gasteiger partial charge in [-0.05, 0) is 0 Å². The van der Waals surface area contributed by atoms with E-state index in [2.05, 4.69) is 27.9 Å². The van der Waals surface area contributed by atoms with Crippen LogP contribution in [-0.4, -0.2) is 9.55 Å². The van der Waals surface area contributed by atoms with Gasteiger partial charge in [0.2, 0.25) is 0 Å². The molecule has 16 heavy (non-hydrogen) atoms. The first-order valence-corrected chi connectivity index (χ1v) is 5.23. The second-order valence-electron chi connectivity index (χ2n) is 3.77. The van der Waals surface area contributed by atoms with Gasteiger partial charge in [0.05, 0.1) is 13.2 Å². The molecule has 0 bridgehead atoms. The summed E-state index contributed by atoms with van der Waals surface area (Å²) < 4.78 is 4.12. The molecule has 0 radical (unpaired) electrons. The van der Waals surface area contributed by atoms with Gasteiger partial charge in [0.25, 0.3) is 0 Å². The minimum Gasteiger partial charge on any atom is -0.227 e. The van der Waals surface area contributed by atoms with Crippen LogP contribution < -0.4 is 4.40 Å². The minimum atomic E-state index is 0.946. The van der Waals surface area contributed by atoms with Gasteiger partial charge in [-0.15, -0.1) is 0 Å². The summed E-state index contributed by atoms with van der Waals surface area (Å²) in [7, 11) is 2.03. The third-order valence-electron chi connectivity index (χ3n) is 2.75. The lowest BCUT2D eigenvalue weighted by Crippen LogP contribution is -2.19. The van der Waals surface area contributed by atoms with Gasteiger partial charge < -0.3 is 0 Å². The fraction of sp³-hybridized carbons (Fsp3) is 0.0769. The Hall–Kier alpha value is -2.16. The smallest absolute Gasteiger partial charge is 0.227 e. The summed E-state index contributed by atoms with van der Waals surface area (Å²) in [6.45, 7) is 0. The van der Waals surface area contributed by atoms with Gasteiger partial charge in [0.1, 0.15) is 18.1 Å². The number of imidazole rings is 1. The lowest BCUT2D eigenvalue weighted by atomic mass is 10.2. The Morgan fingerprint density at radius 3 is 2.69 bits per heavy atom. The molecule has 3 rings (SSSR count). The number of nitrogens with zero attached hydrogens (tertiary/aromatic N) is 3. The molecule has 0 unspecified atom stereocenters. The summed E-state index contributed by atoms with van der Waals surface area (Å²) in [5, 5.41) is 0. The van der Waals surface area contributed by atoms with Gasteiger partial charge >= 0.3 is 5.78 Å². The molecule has 1 aromatic carbocycles. The van der Waals surface area contributed by atoms with Crippen molar-refractivity contribution in [1.82, 2.24) is 9.55 Å². The topological polar surface area (TPSA) is 21.9 Å². The Labute approximate surface area is 93.6 Å². The highest BCUT2D eigenvalue weighted by Crippen LogP contribution is 2.17. The Balaban J connectivity index is 2.29. The molecule has 3 aromatic rings. The normalized spacial score (nSPS) is 10.8. The van der Waals surface area contributed by atoms with Crippen LogP contribution >= 0.6 is 0 Å². The Morgan fingerprint density at radius 1 is 1.12 bits per heavy atom. The van der Waals surface area contributed by atoms with Crippen molar-refractivity contribution in [3.8, 4) is 11.3 Å². The van der Waals surface area contributed by atoms with Gasteiger partial charge in [0, 0.05) is 11.6 Å². The van der Waals surface area contributed by atoms with Crippen LogP contribution in [0.2, 0.25) is 0 Å². The standard InChI is InChI=1S/C13H12N3/c1-15-12(11-6-3-2-4-7-11)10-16-9-5-8-14-13(15)16/h2-10H,1H3/q+1. The van der Waals surface area contributed by atoms with Crippen LogP contribution in [0, 0.1) is 0 Å². The molecule has 0 fully saturated rings. The maximum atomic E-state index is 4.35. The maximum Gasteiger partial charge on any atom is 0.403 e. The number of aromatic nitrogens is 3. The van der Waals surface area contributed by atoms with Crippen LogP contribution in [-0.2, 0) is 7.05 Å². The molecule has 0 aliphatic heterocycles. The van der Waals surface area contributed by atoms with Gasteiger partial charge in [-0.3, -0.25) is 0 Å². The van der Waals surface area contributed by atoms with Crippen molar-refractivity contribution >= 4 is 5.78 Å². The van der Waals surface area contributed by atoms with E-state index in [1.165, 1.54) is 11.3 Å². The van der Waals surface area contributed by atoms with Gasteiger partial charge in [-0.1, -0.05) is 35.3 Å². The number of benzene rings is 1. The second-order valence-corrected chi connectivity index (χ2v) is 3.77. The zero-order valence-corrected chi connectivity index (χ0v) is 9.04. The average molecular weight is 210 g/mol. The van der Waals surface area contributed by atoms with Crippen LogP contribution in [0.1, 0.15) is 0 Å². The maximum absolute atomic E-state index is 4.35. The number of aryl methyl sites for hydroxylation is 1. The lowest BCUT2D eigenvalue weighted by molar-refractivity contribution is -0.513. The van der Waals surface area contributed by atoms with E-state index < -0.39 is 0 Å². The van der Waals surface area contributed by atoms with Gasteiger partial charge in [0.15, 0.2) is 0 Å². The summed E-state index contributed by atoms with van der Waals surface area (Å²) in [6.07, 6.45) is 5.91. The number of rotatable bonds is 1. The molecule has 0 N–H and O–H groups in total. The third kappa shape index (κ3) is 1.29. The lowest BCUT2D eigenvalue weighted by Gasteiger charge is -1.95. The van der Waals surface area contributed by atoms with E-state index in [4.69, 9.17) is 0 Å². The summed E-state index contributed by atoms with van der Waals surface area (Å²) >= 11 is 0. The highest BCUT2D eigenvalue weighted by atomic mass is 15.2. The van der Waals surface area contributed by atoms with Crippen molar-refractivity contribution in [2.45, 2.75) is 0 Å². The number of fused-ring (bicyclic) bond motifs is 1. The molecule has 0 saturated carbocycles. The zero-order valence-electron chi connectivity index (χ0n) is 9.04. The van der Waals surface area contributed by atoms with Crippen LogP contribution in [0.5, 0.6) is 0 Å². The van der Waals surface area contributed by atoms with E-state index in [1.54, 1.807) is 0 Å². The van der Waals surface area contributed by atoms with E-state index >= 15 is 0 Å². The van der Waals surface area contributed by atoms with Crippen molar-refractivity contribution in [2.75, 3.05) is 0 Å². The molecule has 0 saturated heterocycles. The molecule has 78 valence electrons. The molecule has 0 aliphatic rings. The summed E-state index contributed by atoms with van der Waals surface area (Å²) in [5.74, 6) is 0.946. The van der Waals surface area contributed by atoms with E-state index in [0.717, 1.165) is 5.78 Å². The van der Waals surface area contributed by atoms with Crippen molar-refractivity contribution in [2.24, 2.45) is 7.05 Å².